The first-order chi connectivity index (χ1) is 30.0. The van der Waals surface area contributed by atoms with Gasteiger partial charge in [0.25, 0.3) is 0 Å². The Balaban J connectivity index is 4.11. The van der Waals surface area contributed by atoms with Crippen LogP contribution in [-0.4, -0.2) is 73.4 Å². The van der Waals surface area contributed by atoms with Gasteiger partial charge in [-0.25, -0.2) is 4.57 Å². The van der Waals surface area contributed by atoms with E-state index in [-0.39, 0.29) is 19.1 Å². The van der Waals surface area contributed by atoms with Crippen LogP contribution in [0.25, 0.3) is 0 Å². The third kappa shape index (κ3) is 47.2. The lowest BCUT2D eigenvalue weighted by atomic mass is 10.0. The Morgan fingerprint density at radius 2 is 0.855 bits per heavy atom. The zero-order valence-corrected chi connectivity index (χ0v) is 43.0. The third-order valence-corrected chi connectivity index (χ3v) is 13.5. The number of likely N-dealkylation sites (N-methyl/N-ethyl adjacent to an activating group) is 1. The molecule has 0 rings (SSSR count). The summed E-state index contributed by atoms with van der Waals surface area (Å²) in [5.74, 6) is -0.174. The average molecular weight is 900 g/mol. The molecule has 1 amide bonds. The Morgan fingerprint density at radius 3 is 1.19 bits per heavy atom. The maximum Gasteiger partial charge on any atom is 0.472 e. The smallest absolute Gasteiger partial charge is 0.387 e. The first-order valence-corrected chi connectivity index (χ1v) is 28.6. The van der Waals surface area contributed by atoms with Crippen LogP contribution in [0, 0.1) is 0 Å². The predicted molar refractivity (Wildman–Crippen MR) is 268 cm³/mol. The number of nitrogens with one attached hydrogen (secondary N) is 1. The standard InChI is InChI=1S/C53H107N2O6P/c1-6-8-10-12-14-16-18-20-21-22-23-24-25-26-27-28-29-30-31-32-33-34-35-36-38-40-42-44-46-52(56)51(50-61-62(58,59)60-49-48-55(3,4)5)54-53(57)47-45-43-41-39-37-19-17-15-13-11-9-7-2/h44,46,51-52,56H,6-43,45,47-50H2,1-5H3,(H-,54,57,58,59)/p+1/b46-44+. The summed E-state index contributed by atoms with van der Waals surface area (Å²) in [6.45, 7) is 4.84. The molecular weight excluding hydrogens is 792 g/mol. The molecule has 0 spiro atoms. The van der Waals surface area contributed by atoms with Crippen molar-refractivity contribution in [3.05, 3.63) is 12.2 Å². The zero-order chi connectivity index (χ0) is 45.7. The van der Waals surface area contributed by atoms with Crippen molar-refractivity contribution in [1.29, 1.82) is 0 Å². The molecule has 0 aliphatic carbocycles. The molecule has 0 fully saturated rings. The van der Waals surface area contributed by atoms with Crippen molar-refractivity contribution < 1.29 is 32.9 Å². The number of carbonyl (C=O) groups is 1. The van der Waals surface area contributed by atoms with Crippen molar-refractivity contribution in [2.45, 2.75) is 283 Å². The molecule has 0 radical (unpaired) electrons. The molecular formula is C53H108N2O6P+. The highest BCUT2D eigenvalue weighted by molar-refractivity contribution is 7.47. The van der Waals surface area contributed by atoms with E-state index in [0.717, 1.165) is 32.1 Å². The van der Waals surface area contributed by atoms with Crippen molar-refractivity contribution in [3.8, 4) is 0 Å². The zero-order valence-electron chi connectivity index (χ0n) is 42.1. The van der Waals surface area contributed by atoms with E-state index >= 15 is 0 Å². The van der Waals surface area contributed by atoms with Crippen LogP contribution in [0.5, 0.6) is 0 Å². The molecule has 0 aromatic rings. The number of aliphatic hydroxyl groups is 1. The van der Waals surface area contributed by atoms with Crippen LogP contribution in [0.15, 0.2) is 12.2 Å². The quantitative estimate of drug-likeness (QED) is 0.0243. The molecule has 0 bridgehead atoms. The van der Waals surface area contributed by atoms with E-state index in [4.69, 9.17) is 9.05 Å². The van der Waals surface area contributed by atoms with Gasteiger partial charge >= 0.3 is 7.82 Å². The number of hydrogen-bond donors (Lipinski definition) is 3. The number of aliphatic hydroxyl groups excluding tert-OH is 1. The molecule has 3 atom stereocenters. The van der Waals surface area contributed by atoms with Gasteiger partial charge in [-0.1, -0.05) is 257 Å². The molecule has 0 saturated heterocycles. The highest BCUT2D eigenvalue weighted by atomic mass is 31.2. The van der Waals surface area contributed by atoms with Gasteiger partial charge in [0.15, 0.2) is 0 Å². The van der Waals surface area contributed by atoms with Gasteiger partial charge in [0.05, 0.1) is 39.9 Å². The van der Waals surface area contributed by atoms with Gasteiger partial charge in [0, 0.05) is 6.42 Å². The van der Waals surface area contributed by atoms with Gasteiger partial charge < -0.3 is 19.8 Å². The van der Waals surface area contributed by atoms with Crippen LogP contribution < -0.4 is 5.32 Å². The summed E-state index contributed by atoms with van der Waals surface area (Å²) in [6.07, 6.45) is 54.5. The van der Waals surface area contributed by atoms with E-state index in [9.17, 15) is 19.4 Å². The number of rotatable bonds is 50. The number of nitrogens with zero attached hydrogens (tertiary/aromatic N) is 1. The highest BCUT2D eigenvalue weighted by Crippen LogP contribution is 2.43. The SMILES string of the molecule is CCCCCCCCCCCCCCCCCCCCCCCCCCCC/C=C/C(O)C(COP(=O)(O)OCC[N+](C)(C)C)NC(=O)CCCCCCCCCCCCCC. The normalized spacial score (nSPS) is 14.1. The van der Waals surface area contributed by atoms with Crippen molar-refractivity contribution in [2.75, 3.05) is 40.9 Å². The molecule has 0 saturated carbocycles. The summed E-state index contributed by atoms with van der Waals surface area (Å²) < 4.78 is 23.6. The van der Waals surface area contributed by atoms with Crippen LogP contribution >= 0.6 is 7.82 Å². The van der Waals surface area contributed by atoms with E-state index in [1.807, 2.05) is 27.2 Å². The van der Waals surface area contributed by atoms with Crippen molar-refractivity contribution in [3.63, 3.8) is 0 Å². The van der Waals surface area contributed by atoms with E-state index in [2.05, 4.69) is 19.2 Å². The van der Waals surface area contributed by atoms with Crippen LogP contribution in [0.4, 0.5) is 0 Å². The summed E-state index contributed by atoms with van der Waals surface area (Å²) in [5.41, 5.74) is 0. The first-order valence-electron chi connectivity index (χ1n) is 27.1. The van der Waals surface area contributed by atoms with Gasteiger partial charge in [-0.15, -0.1) is 0 Å². The topological polar surface area (TPSA) is 105 Å². The van der Waals surface area contributed by atoms with E-state index in [1.165, 1.54) is 218 Å². The molecule has 9 heteroatoms. The number of hydrogen-bond acceptors (Lipinski definition) is 5. The predicted octanol–water partition coefficient (Wildman–Crippen LogP) is 15.9. The van der Waals surface area contributed by atoms with Gasteiger partial charge in [-0.3, -0.25) is 13.8 Å². The highest BCUT2D eigenvalue weighted by Gasteiger charge is 2.27. The molecule has 370 valence electrons. The maximum absolute atomic E-state index is 12.9. The van der Waals surface area contributed by atoms with Gasteiger partial charge in [-0.05, 0) is 19.3 Å². The Labute approximate surface area is 386 Å². The van der Waals surface area contributed by atoms with Crippen LogP contribution in [-0.2, 0) is 18.4 Å². The van der Waals surface area contributed by atoms with E-state index < -0.39 is 20.0 Å². The van der Waals surface area contributed by atoms with E-state index in [1.54, 1.807) is 6.08 Å². The van der Waals surface area contributed by atoms with Crippen LogP contribution in [0.1, 0.15) is 271 Å². The lowest BCUT2D eigenvalue weighted by Crippen LogP contribution is -2.45. The van der Waals surface area contributed by atoms with Crippen molar-refractivity contribution in [2.24, 2.45) is 0 Å². The number of amides is 1. The van der Waals surface area contributed by atoms with Gasteiger partial charge in [0.2, 0.25) is 5.91 Å². The molecule has 8 nitrogen and oxygen atoms in total. The number of allylic oxidation sites excluding steroid dienone is 1. The molecule has 62 heavy (non-hydrogen) atoms. The minimum atomic E-state index is -4.34. The first kappa shape index (κ1) is 61.2. The largest absolute Gasteiger partial charge is 0.472 e. The second-order valence-corrected chi connectivity index (χ2v) is 21.4. The van der Waals surface area contributed by atoms with E-state index in [0.29, 0.717) is 17.4 Å². The molecule has 0 aromatic carbocycles. The second-order valence-electron chi connectivity index (χ2n) is 20.0. The number of phosphoric acid groups is 1. The monoisotopic (exact) mass is 900 g/mol. The maximum atomic E-state index is 12.9. The minimum absolute atomic E-state index is 0.0648. The fraction of sp³-hybridized carbons (Fsp3) is 0.943. The number of carbonyl (C=O) groups excluding carboxylic acids is 1. The third-order valence-electron chi connectivity index (χ3n) is 12.5. The second kappa shape index (κ2) is 45.4. The number of unbranched alkanes of at least 4 members (excludes halogenated alkanes) is 37. The fourth-order valence-electron chi connectivity index (χ4n) is 8.22. The summed E-state index contributed by atoms with van der Waals surface area (Å²) in [7, 11) is 1.59. The Kier molecular flexibility index (Phi) is 44.8. The summed E-state index contributed by atoms with van der Waals surface area (Å²) in [5, 5.41) is 13.9. The molecule has 3 N–H and O–H groups in total. The summed E-state index contributed by atoms with van der Waals surface area (Å²) in [4.78, 5) is 23.2. The lowest BCUT2D eigenvalue weighted by molar-refractivity contribution is -0.870. The molecule has 0 heterocycles. The Bertz CT molecular complexity index is 1020. The Hall–Kier alpha value is -0.760. The lowest BCUT2D eigenvalue weighted by Gasteiger charge is -2.25. The van der Waals surface area contributed by atoms with Crippen LogP contribution in [0.3, 0.4) is 0 Å². The Morgan fingerprint density at radius 1 is 0.532 bits per heavy atom. The fourth-order valence-corrected chi connectivity index (χ4v) is 8.96. The molecule has 0 aromatic heterocycles. The number of quaternary nitrogens is 1. The average Bonchev–Trinajstić information content (AvgIpc) is 3.23. The minimum Gasteiger partial charge on any atom is -0.387 e. The van der Waals surface area contributed by atoms with Crippen molar-refractivity contribution in [1.82, 2.24) is 5.32 Å². The number of phosphoric ester groups is 1. The summed E-state index contributed by atoms with van der Waals surface area (Å²) >= 11 is 0. The van der Waals surface area contributed by atoms with Crippen molar-refractivity contribution >= 4 is 13.7 Å². The molecule has 0 aliphatic heterocycles. The van der Waals surface area contributed by atoms with Gasteiger partial charge in [-0.2, -0.15) is 0 Å². The molecule has 0 aliphatic rings. The molecule has 3 unspecified atom stereocenters. The van der Waals surface area contributed by atoms with Crippen LogP contribution in [0.2, 0.25) is 0 Å². The summed E-state index contributed by atoms with van der Waals surface area (Å²) in [6, 6.07) is -0.840. The van der Waals surface area contributed by atoms with Gasteiger partial charge in [0.1, 0.15) is 13.2 Å².